The third kappa shape index (κ3) is 10.0. The number of ether oxygens (including phenoxy) is 2. The van der Waals surface area contributed by atoms with Gasteiger partial charge in [0.1, 0.15) is 11.5 Å². The summed E-state index contributed by atoms with van der Waals surface area (Å²) in [4.78, 5) is 0. The molecule has 1 aromatic carbocycles. The second-order valence-electron chi connectivity index (χ2n) is 7.57. The molecule has 0 aromatic heterocycles. The maximum Gasteiger partial charge on any atom is 0.127 e. The first-order valence-electron chi connectivity index (χ1n) is 11.4. The molecule has 0 fully saturated rings. The number of rotatable bonds is 18. The average molecular weight is 387 g/mol. The highest BCUT2D eigenvalue weighted by Crippen LogP contribution is 2.31. The van der Waals surface area contributed by atoms with Gasteiger partial charge in [0.2, 0.25) is 0 Å². The summed E-state index contributed by atoms with van der Waals surface area (Å²) in [6.07, 6.45) is 18.9. The van der Waals surface area contributed by atoms with E-state index in [0.29, 0.717) is 0 Å². The maximum atomic E-state index is 6.04. The molecule has 0 spiro atoms. The van der Waals surface area contributed by atoms with Crippen LogP contribution in [0, 0.1) is 0 Å². The Kier molecular flexibility index (Phi) is 14.1. The minimum absolute atomic E-state index is 0.751. The van der Waals surface area contributed by atoms with Crippen LogP contribution in [0.1, 0.15) is 102 Å². The fourth-order valence-electron chi connectivity index (χ4n) is 3.29. The Morgan fingerprint density at radius 1 is 0.607 bits per heavy atom. The third-order valence-electron chi connectivity index (χ3n) is 5.09. The fourth-order valence-corrected chi connectivity index (χ4v) is 3.29. The molecule has 0 aliphatic rings. The molecule has 0 heterocycles. The lowest BCUT2D eigenvalue weighted by Crippen LogP contribution is -2.02. The van der Waals surface area contributed by atoms with Crippen LogP contribution in [0.2, 0.25) is 0 Å². The molecule has 0 amide bonds. The summed E-state index contributed by atoms with van der Waals surface area (Å²) in [5, 5.41) is 0. The van der Waals surface area contributed by atoms with Crippen molar-refractivity contribution in [2.75, 3.05) is 13.2 Å². The Morgan fingerprint density at radius 3 is 1.32 bits per heavy atom. The molecule has 2 nitrogen and oxygen atoms in total. The van der Waals surface area contributed by atoms with E-state index in [9.17, 15) is 0 Å². The van der Waals surface area contributed by atoms with Crippen LogP contribution in [0.25, 0.3) is 12.2 Å². The number of unbranched alkanes of at least 4 members (excludes halogenated alkanes) is 10. The molecule has 0 N–H and O–H groups in total. The second-order valence-corrected chi connectivity index (χ2v) is 7.57. The highest BCUT2D eigenvalue weighted by molar-refractivity contribution is 5.66. The number of benzene rings is 1. The summed E-state index contributed by atoms with van der Waals surface area (Å²) >= 11 is 0. The van der Waals surface area contributed by atoms with E-state index in [1.165, 1.54) is 64.2 Å². The number of hydrogen-bond donors (Lipinski definition) is 0. The van der Waals surface area contributed by atoms with Gasteiger partial charge in [-0.3, -0.25) is 0 Å². The molecule has 0 atom stereocenters. The lowest BCUT2D eigenvalue weighted by molar-refractivity contribution is 0.295. The summed E-state index contributed by atoms with van der Waals surface area (Å²) in [6, 6.07) is 4.08. The number of hydrogen-bond acceptors (Lipinski definition) is 2. The zero-order valence-electron chi connectivity index (χ0n) is 18.4. The summed E-state index contributed by atoms with van der Waals surface area (Å²) in [5.74, 6) is 1.76. The quantitative estimate of drug-likeness (QED) is 0.236. The molecule has 158 valence electrons. The van der Waals surface area contributed by atoms with Crippen molar-refractivity contribution in [1.82, 2.24) is 0 Å². The predicted octanol–water partition coefficient (Wildman–Crippen LogP) is 8.45. The van der Waals surface area contributed by atoms with Gasteiger partial charge in [0.15, 0.2) is 0 Å². The first-order valence-corrected chi connectivity index (χ1v) is 11.4. The summed E-state index contributed by atoms with van der Waals surface area (Å²) in [5.41, 5.74) is 1.99. The van der Waals surface area contributed by atoms with Crippen molar-refractivity contribution < 1.29 is 9.47 Å². The van der Waals surface area contributed by atoms with Gasteiger partial charge in [-0.15, -0.1) is 0 Å². The Hall–Kier alpha value is -1.70. The normalized spacial score (nSPS) is 10.6. The van der Waals surface area contributed by atoms with Crippen LogP contribution >= 0.6 is 0 Å². The van der Waals surface area contributed by atoms with Crippen molar-refractivity contribution in [2.24, 2.45) is 0 Å². The Balaban J connectivity index is 2.48. The Labute approximate surface area is 174 Å². The van der Waals surface area contributed by atoms with Crippen LogP contribution in [0.4, 0.5) is 0 Å². The molecule has 1 aromatic rings. The standard InChI is InChI=1S/C26H42O2/c1-5-9-11-13-15-17-19-27-25-21-24(8-4)26(22-23(25)7-3)28-20-18-16-14-12-10-6-2/h7-8,21-22H,3-6,9-20H2,1-2H3. The molecule has 2 heteroatoms. The van der Waals surface area contributed by atoms with Gasteiger partial charge in [-0.25, -0.2) is 0 Å². The molecule has 0 radical (unpaired) electrons. The Bertz CT molecular complexity index is 498. The van der Waals surface area contributed by atoms with Gasteiger partial charge in [-0.2, -0.15) is 0 Å². The summed E-state index contributed by atoms with van der Waals surface area (Å²) in [6.45, 7) is 13.9. The van der Waals surface area contributed by atoms with Crippen molar-refractivity contribution in [3.8, 4) is 11.5 Å². The van der Waals surface area contributed by atoms with Crippen LogP contribution in [0.5, 0.6) is 11.5 Å². The topological polar surface area (TPSA) is 18.5 Å². The molecule has 0 bridgehead atoms. The average Bonchev–Trinajstić information content (AvgIpc) is 2.72. The van der Waals surface area contributed by atoms with E-state index < -0.39 is 0 Å². The fraction of sp³-hybridized carbons (Fsp3) is 0.615. The largest absolute Gasteiger partial charge is 0.493 e. The van der Waals surface area contributed by atoms with Gasteiger partial charge in [0, 0.05) is 11.1 Å². The van der Waals surface area contributed by atoms with Gasteiger partial charge in [0.25, 0.3) is 0 Å². The maximum absolute atomic E-state index is 6.04. The zero-order valence-corrected chi connectivity index (χ0v) is 18.4. The van der Waals surface area contributed by atoms with E-state index in [0.717, 1.165) is 48.7 Å². The van der Waals surface area contributed by atoms with Gasteiger partial charge < -0.3 is 9.47 Å². The molecular weight excluding hydrogens is 344 g/mol. The van der Waals surface area contributed by atoms with Gasteiger partial charge in [-0.05, 0) is 25.0 Å². The zero-order chi connectivity index (χ0) is 20.5. The van der Waals surface area contributed by atoms with Crippen molar-refractivity contribution in [1.29, 1.82) is 0 Å². The molecule has 1 rings (SSSR count). The van der Waals surface area contributed by atoms with Gasteiger partial charge in [0.05, 0.1) is 13.2 Å². The third-order valence-corrected chi connectivity index (χ3v) is 5.09. The van der Waals surface area contributed by atoms with E-state index in [2.05, 4.69) is 27.0 Å². The van der Waals surface area contributed by atoms with Crippen molar-refractivity contribution >= 4 is 12.2 Å². The Morgan fingerprint density at radius 2 is 0.964 bits per heavy atom. The molecule has 28 heavy (non-hydrogen) atoms. The van der Waals surface area contributed by atoms with Crippen molar-refractivity contribution in [3.05, 3.63) is 36.4 Å². The first kappa shape index (κ1) is 24.3. The minimum Gasteiger partial charge on any atom is -0.493 e. The summed E-state index contributed by atoms with van der Waals surface area (Å²) in [7, 11) is 0. The van der Waals surface area contributed by atoms with Crippen LogP contribution < -0.4 is 9.47 Å². The SMILES string of the molecule is C=Cc1cc(OCCCCCCCC)c(C=C)cc1OCCCCCCCC. The first-order chi connectivity index (χ1) is 13.8. The van der Waals surface area contributed by atoms with Crippen molar-refractivity contribution in [2.45, 2.75) is 90.9 Å². The minimum atomic E-state index is 0.751. The van der Waals surface area contributed by atoms with Crippen LogP contribution in [-0.4, -0.2) is 13.2 Å². The smallest absolute Gasteiger partial charge is 0.127 e. The molecule has 0 saturated carbocycles. The van der Waals surface area contributed by atoms with Gasteiger partial charge >= 0.3 is 0 Å². The molecular formula is C26H42O2. The van der Waals surface area contributed by atoms with E-state index >= 15 is 0 Å². The van der Waals surface area contributed by atoms with Gasteiger partial charge in [-0.1, -0.05) is 103 Å². The highest BCUT2D eigenvalue weighted by atomic mass is 16.5. The second kappa shape index (κ2) is 16.3. The van der Waals surface area contributed by atoms with E-state index in [1.807, 2.05) is 24.3 Å². The molecule has 0 saturated heterocycles. The van der Waals surface area contributed by atoms with Crippen LogP contribution in [0.15, 0.2) is 25.3 Å². The lowest BCUT2D eigenvalue weighted by atomic mass is 10.1. The van der Waals surface area contributed by atoms with E-state index in [-0.39, 0.29) is 0 Å². The molecule has 0 aliphatic carbocycles. The predicted molar refractivity (Wildman–Crippen MR) is 124 cm³/mol. The lowest BCUT2D eigenvalue weighted by Gasteiger charge is -2.15. The van der Waals surface area contributed by atoms with Crippen LogP contribution in [0.3, 0.4) is 0 Å². The van der Waals surface area contributed by atoms with E-state index in [4.69, 9.17) is 9.47 Å². The molecule has 0 unspecified atom stereocenters. The van der Waals surface area contributed by atoms with E-state index in [1.54, 1.807) is 0 Å². The molecule has 0 aliphatic heterocycles. The highest BCUT2D eigenvalue weighted by Gasteiger charge is 2.09. The monoisotopic (exact) mass is 386 g/mol. The van der Waals surface area contributed by atoms with Crippen LogP contribution in [-0.2, 0) is 0 Å². The summed E-state index contributed by atoms with van der Waals surface area (Å²) < 4.78 is 12.1. The van der Waals surface area contributed by atoms with Crippen molar-refractivity contribution in [3.63, 3.8) is 0 Å².